The van der Waals surface area contributed by atoms with E-state index in [1.807, 2.05) is 0 Å². The molecule has 0 unspecified atom stereocenters. The zero-order valence-electron chi connectivity index (χ0n) is 6.69. The first kappa shape index (κ1) is 10.6. The summed E-state index contributed by atoms with van der Waals surface area (Å²) in [4.78, 5) is 9.59. The lowest BCUT2D eigenvalue weighted by molar-refractivity contribution is -0.384. The Morgan fingerprint density at radius 3 is 1.79 bits per heavy atom. The van der Waals surface area contributed by atoms with Crippen molar-refractivity contribution in [1.82, 2.24) is 0 Å². The second-order valence-corrected chi connectivity index (χ2v) is 3.23. The Hall–Kier alpha value is -1.51. The van der Waals surface area contributed by atoms with E-state index in [2.05, 4.69) is 8.67 Å². The predicted molar refractivity (Wildman–Crippen MR) is 44.2 cm³/mol. The maximum Gasteiger partial charge on any atom is 0.455 e. The van der Waals surface area contributed by atoms with Crippen LogP contribution in [0.3, 0.4) is 0 Å². The summed E-state index contributed by atoms with van der Waals surface area (Å²) >= 11 is 0. The van der Waals surface area contributed by atoms with Gasteiger partial charge in [-0.2, -0.15) is 8.42 Å². The van der Waals surface area contributed by atoms with Crippen molar-refractivity contribution in [2.45, 2.75) is 0 Å². The van der Waals surface area contributed by atoms with Gasteiger partial charge in [-0.15, -0.1) is 0 Å². The largest absolute Gasteiger partial charge is 0.455 e. The minimum absolute atomic E-state index is 0.137. The Morgan fingerprint density at radius 1 is 1.14 bits per heavy atom. The van der Waals surface area contributed by atoms with Gasteiger partial charge in [-0.05, 0) is 0 Å². The molecular formula is C6H5NO6S. The minimum Gasteiger partial charge on any atom is -0.258 e. The molecule has 0 aromatic heterocycles. The quantitative estimate of drug-likeness (QED) is 0.299. The smallest absolute Gasteiger partial charge is 0.258 e. The van der Waals surface area contributed by atoms with E-state index in [-0.39, 0.29) is 5.69 Å². The Balaban J connectivity index is 0.000000165. The SMILES string of the molecule is O=S1(=O)OO1.O=[N+]([O-])c1ccccc1. The van der Waals surface area contributed by atoms with Gasteiger partial charge >= 0.3 is 10.4 Å². The highest BCUT2D eigenvalue weighted by molar-refractivity contribution is 7.85. The molecule has 2 rings (SSSR count). The first-order valence-electron chi connectivity index (χ1n) is 3.33. The highest BCUT2D eigenvalue weighted by Gasteiger charge is 2.31. The van der Waals surface area contributed by atoms with Crippen molar-refractivity contribution in [1.29, 1.82) is 0 Å². The Labute approximate surface area is 79.3 Å². The zero-order valence-corrected chi connectivity index (χ0v) is 7.51. The van der Waals surface area contributed by atoms with Crippen molar-refractivity contribution in [3.8, 4) is 0 Å². The van der Waals surface area contributed by atoms with Crippen molar-refractivity contribution >= 4 is 16.1 Å². The van der Waals surface area contributed by atoms with Crippen LogP contribution in [0.15, 0.2) is 30.3 Å². The summed E-state index contributed by atoms with van der Waals surface area (Å²) in [5.74, 6) is 0. The molecule has 0 atom stereocenters. The topological polar surface area (TPSA) is 102 Å². The lowest BCUT2D eigenvalue weighted by atomic mass is 10.3. The summed E-state index contributed by atoms with van der Waals surface area (Å²) in [6.07, 6.45) is 0. The van der Waals surface area contributed by atoms with Crippen LogP contribution in [0.1, 0.15) is 0 Å². The van der Waals surface area contributed by atoms with Crippen LogP contribution in [0.5, 0.6) is 0 Å². The summed E-state index contributed by atoms with van der Waals surface area (Å²) in [7, 11) is -3.42. The molecule has 8 heteroatoms. The molecule has 14 heavy (non-hydrogen) atoms. The van der Waals surface area contributed by atoms with Gasteiger partial charge < -0.3 is 0 Å². The molecule has 0 radical (unpaired) electrons. The Bertz CT molecular complexity index is 403. The van der Waals surface area contributed by atoms with E-state index in [0.29, 0.717) is 0 Å². The van der Waals surface area contributed by atoms with Crippen molar-refractivity contribution in [3.05, 3.63) is 40.4 Å². The normalized spacial score (nSPS) is 16.3. The summed E-state index contributed by atoms with van der Waals surface area (Å²) in [5.41, 5.74) is 0.137. The van der Waals surface area contributed by atoms with Gasteiger partial charge in [0.2, 0.25) is 0 Å². The molecule has 1 aliphatic heterocycles. The number of nitrogens with zero attached hydrogens (tertiary/aromatic N) is 1. The summed E-state index contributed by atoms with van der Waals surface area (Å²) in [5, 5.41) is 10.0. The van der Waals surface area contributed by atoms with Gasteiger partial charge in [0, 0.05) is 12.1 Å². The predicted octanol–water partition coefficient (Wildman–Crippen LogP) is 0.788. The molecule has 1 aromatic rings. The highest BCUT2D eigenvalue weighted by atomic mass is 32.3. The van der Waals surface area contributed by atoms with Crippen LogP contribution >= 0.6 is 0 Å². The van der Waals surface area contributed by atoms with E-state index in [0.717, 1.165) is 0 Å². The van der Waals surface area contributed by atoms with E-state index in [1.54, 1.807) is 18.2 Å². The fourth-order valence-electron chi connectivity index (χ4n) is 0.572. The van der Waals surface area contributed by atoms with E-state index in [1.165, 1.54) is 12.1 Å². The lowest BCUT2D eigenvalue weighted by Crippen LogP contribution is -1.84. The number of nitro groups is 1. The second kappa shape index (κ2) is 4.13. The number of non-ortho nitro benzene ring substituents is 1. The monoisotopic (exact) mass is 219 g/mol. The first-order valence-corrected chi connectivity index (χ1v) is 4.67. The van der Waals surface area contributed by atoms with E-state index in [9.17, 15) is 18.5 Å². The third-order valence-electron chi connectivity index (χ3n) is 1.15. The zero-order chi connectivity index (χ0) is 10.6. The fraction of sp³-hybridized carbons (Fsp3) is 0. The van der Waals surface area contributed by atoms with E-state index >= 15 is 0 Å². The molecule has 1 saturated heterocycles. The Morgan fingerprint density at radius 2 is 1.57 bits per heavy atom. The van der Waals surface area contributed by atoms with Crippen LogP contribution in [0.25, 0.3) is 0 Å². The molecule has 1 heterocycles. The molecule has 0 spiro atoms. The van der Waals surface area contributed by atoms with Crippen molar-refractivity contribution < 1.29 is 22.0 Å². The van der Waals surface area contributed by atoms with Crippen molar-refractivity contribution in [2.75, 3.05) is 0 Å². The van der Waals surface area contributed by atoms with Crippen LogP contribution in [-0.2, 0) is 19.1 Å². The summed E-state index contributed by atoms with van der Waals surface area (Å²) in [6.45, 7) is 0. The van der Waals surface area contributed by atoms with Crippen molar-refractivity contribution in [2.24, 2.45) is 0 Å². The van der Waals surface area contributed by atoms with Crippen LogP contribution in [0.2, 0.25) is 0 Å². The van der Waals surface area contributed by atoms with Gasteiger partial charge in [-0.1, -0.05) is 26.9 Å². The maximum atomic E-state index is 10.0. The number of hydrogen-bond acceptors (Lipinski definition) is 6. The first-order chi connectivity index (χ1) is 6.51. The molecule has 7 nitrogen and oxygen atoms in total. The number of nitro benzene ring substituents is 1. The molecule has 0 N–H and O–H groups in total. The van der Waals surface area contributed by atoms with Gasteiger partial charge in [-0.25, -0.2) is 0 Å². The van der Waals surface area contributed by atoms with Gasteiger partial charge in [0.25, 0.3) is 5.69 Å². The molecule has 1 fully saturated rings. The standard InChI is InChI=1S/C6H5NO2.O4S/c8-7(9)6-4-2-1-3-5-6;1-5(2)3-4-5/h1-5H;. The number of hydrogen-bond donors (Lipinski definition) is 0. The van der Waals surface area contributed by atoms with Crippen LogP contribution < -0.4 is 0 Å². The molecule has 1 aliphatic rings. The van der Waals surface area contributed by atoms with Crippen LogP contribution in [-0.4, -0.2) is 13.3 Å². The minimum atomic E-state index is -3.42. The average Bonchev–Trinajstić information content (AvgIpc) is 2.84. The van der Waals surface area contributed by atoms with Crippen molar-refractivity contribution in [3.63, 3.8) is 0 Å². The maximum absolute atomic E-state index is 10.0. The molecular weight excluding hydrogens is 214 g/mol. The average molecular weight is 219 g/mol. The molecule has 76 valence electrons. The fourth-order valence-corrected chi connectivity index (χ4v) is 0.754. The van der Waals surface area contributed by atoms with E-state index < -0.39 is 15.3 Å². The van der Waals surface area contributed by atoms with Gasteiger partial charge in [0.1, 0.15) is 0 Å². The second-order valence-electron chi connectivity index (χ2n) is 2.14. The third kappa shape index (κ3) is 3.94. The highest BCUT2D eigenvalue weighted by Crippen LogP contribution is 2.11. The number of rotatable bonds is 1. The number of benzene rings is 1. The molecule has 0 bridgehead atoms. The molecule has 1 aromatic carbocycles. The van der Waals surface area contributed by atoms with Crippen LogP contribution in [0, 0.1) is 10.1 Å². The summed E-state index contributed by atoms with van der Waals surface area (Å²) < 4.78 is 25.3. The molecule has 0 saturated carbocycles. The number of para-hydroxylation sites is 1. The van der Waals surface area contributed by atoms with Gasteiger partial charge in [-0.3, -0.25) is 10.1 Å². The van der Waals surface area contributed by atoms with Gasteiger partial charge in [0.15, 0.2) is 0 Å². The molecule has 0 aliphatic carbocycles. The summed E-state index contributed by atoms with van der Waals surface area (Å²) in [6, 6.07) is 7.93. The Kier molecular flexibility index (Phi) is 3.12. The molecule has 0 amide bonds. The third-order valence-corrected chi connectivity index (χ3v) is 1.50. The van der Waals surface area contributed by atoms with Gasteiger partial charge in [0.05, 0.1) is 4.92 Å². The van der Waals surface area contributed by atoms with E-state index in [4.69, 9.17) is 0 Å². The van der Waals surface area contributed by atoms with Crippen LogP contribution in [0.4, 0.5) is 5.69 Å². The lowest BCUT2D eigenvalue weighted by Gasteiger charge is -1.85.